The molecule has 0 heterocycles. The Morgan fingerprint density at radius 1 is 0.957 bits per heavy atom. The van der Waals surface area contributed by atoms with Gasteiger partial charge in [0.2, 0.25) is 0 Å². The Kier molecular flexibility index (Phi) is 5.32. The van der Waals surface area contributed by atoms with E-state index in [1.165, 1.54) is 11.1 Å². The van der Waals surface area contributed by atoms with Gasteiger partial charge in [-0.05, 0) is 41.3 Å². The highest BCUT2D eigenvalue weighted by Crippen LogP contribution is 2.39. The van der Waals surface area contributed by atoms with Crippen LogP contribution in [0.15, 0.2) is 36.4 Å². The number of benzene rings is 2. The monoisotopic (exact) mass is 313 g/mol. The van der Waals surface area contributed by atoms with Gasteiger partial charge in [0.05, 0.1) is 14.2 Å². The van der Waals surface area contributed by atoms with Gasteiger partial charge in [-0.2, -0.15) is 0 Å². The van der Waals surface area contributed by atoms with E-state index in [2.05, 4.69) is 56.4 Å². The van der Waals surface area contributed by atoms with Crippen molar-refractivity contribution in [1.82, 2.24) is 5.32 Å². The van der Waals surface area contributed by atoms with Crippen LogP contribution in [0.2, 0.25) is 0 Å². The summed E-state index contributed by atoms with van der Waals surface area (Å²) >= 11 is 0. The Morgan fingerprint density at radius 2 is 1.61 bits per heavy atom. The topological polar surface area (TPSA) is 30.5 Å². The lowest BCUT2D eigenvalue weighted by molar-refractivity contribution is 0.355. The Balaban J connectivity index is 2.54. The van der Waals surface area contributed by atoms with Crippen LogP contribution in [0, 0.1) is 0 Å². The molecular formula is C20H27NO2. The Labute approximate surface area is 139 Å². The largest absolute Gasteiger partial charge is 0.493 e. The lowest BCUT2D eigenvalue weighted by Crippen LogP contribution is -2.10. The molecule has 2 aromatic rings. The third-order valence-corrected chi connectivity index (χ3v) is 3.98. The lowest BCUT2D eigenvalue weighted by Gasteiger charge is -2.20. The van der Waals surface area contributed by atoms with Gasteiger partial charge in [0.1, 0.15) is 0 Å². The average Bonchev–Trinajstić information content (AvgIpc) is 2.53. The zero-order chi connectivity index (χ0) is 17.0. The SMILES string of the molecule is CNCc1cc(OC)c(OC)c(-c2ccc(C(C)(C)C)cc2)c1. The van der Waals surface area contributed by atoms with Crippen molar-refractivity contribution >= 4 is 0 Å². The highest BCUT2D eigenvalue weighted by molar-refractivity contribution is 5.75. The van der Waals surface area contributed by atoms with Crippen molar-refractivity contribution in [3.63, 3.8) is 0 Å². The summed E-state index contributed by atoms with van der Waals surface area (Å²) in [6, 6.07) is 12.9. The molecule has 0 unspecified atom stereocenters. The molecule has 1 N–H and O–H groups in total. The second-order valence-electron chi connectivity index (χ2n) is 6.74. The summed E-state index contributed by atoms with van der Waals surface area (Å²) in [4.78, 5) is 0. The molecule has 0 saturated heterocycles. The van der Waals surface area contributed by atoms with Gasteiger partial charge in [-0.1, -0.05) is 45.0 Å². The molecule has 0 aromatic heterocycles. The third-order valence-electron chi connectivity index (χ3n) is 3.98. The van der Waals surface area contributed by atoms with Crippen molar-refractivity contribution in [2.24, 2.45) is 0 Å². The number of rotatable bonds is 5. The van der Waals surface area contributed by atoms with Gasteiger partial charge in [-0.25, -0.2) is 0 Å². The molecule has 0 fully saturated rings. The Morgan fingerprint density at radius 3 is 2.09 bits per heavy atom. The maximum atomic E-state index is 5.61. The second kappa shape index (κ2) is 7.05. The predicted octanol–water partition coefficient (Wildman–Crippen LogP) is 4.39. The van der Waals surface area contributed by atoms with Gasteiger partial charge in [0.15, 0.2) is 11.5 Å². The average molecular weight is 313 g/mol. The van der Waals surface area contributed by atoms with Crippen LogP contribution >= 0.6 is 0 Å². The highest BCUT2D eigenvalue weighted by atomic mass is 16.5. The standard InChI is InChI=1S/C20H27NO2/c1-20(2,3)16-9-7-15(8-10-16)17-11-14(13-21-4)12-18(22-5)19(17)23-6/h7-12,21H,13H2,1-6H3. The number of nitrogens with one attached hydrogen (secondary N) is 1. The van der Waals surface area contributed by atoms with Crippen LogP contribution in [-0.2, 0) is 12.0 Å². The first kappa shape index (κ1) is 17.4. The van der Waals surface area contributed by atoms with E-state index in [0.717, 1.165) is 29.2 Å². The molecule has 2 aromatic carbocycles. The summed E-state index contributed by atoms with van der Waals surface area (Å²) in [7, 11) is 5.30. The van der Waals surface area contributed by atoms with Crippen LogP contribution in [0.4, 0.5) is 0 Å². The fourth-order valence-electron chi connectivity index (χ4n) is 2.69. The van der Waals surface area contributed by atoms with Gasteiger partial charge < -0.3 is 14.8 Å². The van der Waals surface area contributed by atoms with Crippen molar-refractivity contribution in [1.29, 1.82) is 0 Å². The Bertz CT molecular complexity index is 655. The van der Waals surface area contributed by atoms with E-state index in [9.17, 15) is 0 Å². The van der Waals surface area contributed by atoms with Crippen LogP contribution in [0.5, 0.6) is 11.5 Å². The van der Waals surface area contributed by atoms with Gasteiger partial charge in [0, 0.05) is 12.1 Å². The van der Waals surface area contributed by atoms with E-state index in [1.54, 1.807) is 14.2 Å². The number of hydrogen-bond donors (Lipinski definition) is 1. The minimum Gasteiger partial charge on any atom is -0.493 e. The van der Waals surface area contributed by atoms with Crippen molar-refractivity contribution in [3.8, 4) is 22.6 Å². The molecule has 0 spiro atoms. The first-order valence-electron chi connectivity index (χ1n) is 7.91. The first-order chi connectivity index (χ1) is 10.9. The van der Waals surface area contributed by atoms with Crippen LogP contribution in [0.1, 0.15) is 31.9 Å². The molecule has 2 rings (SSSR count). The highest BCUT2D eigenvalue weighted by Gasteiger charge is 2.16. The van der Waals surface area contributed by atoms with E-state index in [0.29, 0.717) is 0 Å². The molecule has 0 bridgehead atoms. The fourth-order valence-corrected chi connectivity index (χ4v) is 2.69. The number of methoxy groups -OCH3 is 2. The molecule has 0 aliphatic rings. The van der Waals surface area contributed by atoms with E-state index in [4.69, 9.17) is 9.47 Å². The summed E-state index contributed by atoms with van der Waals surface area (Å²) in [5.74, 6) is 1.53. The van der Waals surface area contributed by atoms with Gasteiger partial charge in [0.25, 0.3) is 0 Å². The molecule has 0 aliphatic heterocycles. The summed E-state index contributed by atoms with van der Waals surface area (Å²) in [6.45, 7) is 7.45. The minimum absolute atomic E-state index is 0.147. The number of ether oxygens (including phenoxy) is 2. The van der Waals surface area contributed by atoms with Crippen LogP contribution in [-0.4, -0.2) is 21.3 Å². The van der Waals surface area contributed by atoms with E-state index >= 15 is 0 Å². The van der Waals surface area contributed by atoms with Crippen molar-refractivity contribution in [2.45, 2.75) is 32.7 Å². The smallest absolute Gasteiger partial charge is 0.168 e. The summed E-state index contributed by atoms with van der Waals surface area (Å²) in [5.41, 5.74) is 4.82. The molecule has 3 heteroatoms. The maximum Gasteiger partial charge on any atom is 0.168 e. The minimum atomic E-state index is 0.147. The first-order valence-corrected chi connectivity index (χ1v) is 7.91. The maximum absolute atomic E-state index is 5.61. The molecule has 0 amide bonds. The molecule has 0 aliphatic carbocycles. The zero-order valence-corrected chi connectivity index (χ0v) is 15.0. The molecule has 124 valence electrons. The molecule has 0 radical (unpaired) electrons. The van der Waals surface area contributed by atoms with Crippen LogP contribution in [0.3, 0.4) is 0 Å². The summed E-state index contributed by atoms with van der Waals surface area (Å²) in [6.07, 6.45) is 0. The molecule has 0 atom stereocenters. The van der Waals surface area contributed by atoms with E-state index in [-0.39, 0.29) is 5.41 Å². The van der Waals surface area contributed by atoms with Crippen molar-refractivity contribution in [2.75, 3.05) is 21.3 Å². The van der Waals surface area contributed by atoms with E-state index in [1.807, 2.05) is 13.1 Å². The molecule has 0 saturated carbocycles. The normalized spacial score (nSPS) is 11.4. The Hall–Kier alpha value is -2.00. The van der Waals surface area contributed by atoms with E-state index < -0.39 is 0 Å². The van der Waals surface area contributed by atoms with Gasteiger partial charge in [-0.3, -0.25) is 0 Å². The lowest BCUT2D eigenvalue weighted by atomic mass is 9.86. The summed E-state index contributed by atoms with van der Waals surface area (Å²) in [5, 5.41) is 3.18. The van der Waals surface area contributed by atoms with Crippen LogP contribution < -0.4 is 14.8 Å². The zero-order valence-electron chi connectivity index (χ0n) is 15.0. The summed E-state index contributed by atoms with van der Waals surface area (Å²) < 4.78 is 11.1. The molecule has 3 nitrogen and oxygen atoms in total. The van der Waals surface area contributed by atoms with Crippen molar-refractivity contribution in [3.05, 3.63) is 47.5 Å². The fraction of sp³-hybridized carbons (Fsp3) is 0.400. The van der Waals surface area contributed by atoms with Crippen LogP contribution in [0.25, 0.3) is 11.1 Å². The van der Waals surface area contributed by atoms with Crippen molar-refractivity contribution < 1.29 is 9.47 Å². The van der Waals surface area contributed by atoms with Gasteiger partial charge in [-0.15, -0.1) is 0 Å². The molecular weight excluding hydrogens is 286 g/mol. The van der Waals surface area contributed by atoms with Gasteiger partial charge >= 0.3 is 0 Å². The molecule has 23 heavy (non-hydrogen) atoms. The third kappa shape index (κ3) is 3.85. The predicted molar refractivity (Wildman–Crippen MR) is 96.4 cm³/mol. The number of hydrogen-bond acceptors (Lipinski definition) is 3. The quantitative estimate of drug-likeness (QED) is 0.888. The second-order valence-corrected chi connectivity index (χ2v) is 6.74.